The third-order valence-corrected chi connectivity index (χ3v) is 1.89. The van der Waals surface area contributed by atoms with Gasteiger partial charge in [0, 0.05) is 4.48 Å². The quantitative estimate of drug-likeness (QED) is 0.593. The van der Waals surface area contributed by atoms with Gasteiger partial charge < -0.3 is 0 Å². The predicted molar refractivity (Wildman–Crippen MR) is 46.0 cm³/mol. The van der Waals surface area contributed by atoms with Crippen LogP contribution in [0.25, 0.3) is 0 Å². The highest BCUT2D eigenvalue weighted by atomic mass is 79.9. The Labute approximate surface area is 71.4 Å². The molecule has 0 unspecified atom stereocenters. The van der Waals surface area contributed by atoms with Gasteiger partial charge in [0.1, 0.15) is 6.34 Å². The number of allylic oxidation sites excluding steroid dienone is 3. The van der Waals surface area contributed by atoms with E-state index in [1.54, 1.807) is 12.2 Å². The van der Waals surface area contributed by atoms with Gasteiger partial charge in [-0.3, -0.25) is 4.79 Å². The molecule has 0 aromatic rings. The van der Waals surface area contributed by atoms with Crippen molar-refractivity contribution in [1.82, 2.24) is 0 Å². The molecule has 1 aliphatic carbocycles. The molecule has 0 aromatic carbocycles. The lowest BCUT2D eigenvalue weighted by Crippen LogP contribution is -2.10. The first-order valence-electron chi connectivity index (χ1n) is 3.01. The largest absolute Gasteiger partial charge is 0.280 e. The Hall–Kier alpha value is -1.03. The Morgan fingerprint density at radius 3 is 2.91 bits per heavy atom. The van der Waals surface area contributed by atoms with Crippen molar-refractivity contribution < 1.29 is 4.79 Å². The molecule has 0 fully saturated rings. The number of amides is 1. The SMILES string of the molecule is O=C1N=CN=C2C=C(Br)C=C12. The normalized spacial score (nSPS) is 20.8. The van der Waals surface area contributed by atoms with Crippen LogP contribution in [0, 0.1) is 0 Å². The number of carbonyl (C=O) groups is 1. The summed E-state index contributed by atoms with van der Waals surface area (Å²) in [5.74, 6) is -0.222. The van der Waals surface area contributed by atoms with E-state index in [-0.39, 0.29) is 5.91 Å². The Balaban J connectivity index is 2.53. The van der Waals surface area contributed by atoms with Crippen LogP contribution in [0.15, 0.2) is 32.2 Å². The van der Waals surface area contributed by atoms with E-state index in [0.717, 1.165) is 4.48 Å². The zero-order valence-corrected chi connectivity index (χ0v) is 7.00. The van der Waals surface area contributed by atoms with Gasteiger partial charge in [-0.2, -0.15) is 4.99 Å². The third-order valence-electron chi connectivity index (χ3n) is 1.44. The molecule has 0 radical (unpaired) electrons. The first-order valence-corrected chi connectivity index (χ1v) is 3.80. The number of hydrogen-bond donors (Lipinski definition) is 0. The van der Waals surface area contributed by atoms with E-state index in [4.69, 9.17) is 0 Å². The highest BCUT2D eigenvalue weighted by Gasteiger charge is 2.20. The number of nitrogens with zero attached hydrogens (tertiary/aromatic N) is 2. The van der Waals surface area contributed by atoms with E-state index in [1.807, 2.05) is 0 Å². The van der Waals surface area contributed by atoms with Crippen LogP contribution in [0.5, 0.6) is 0 Å². The maximum absolute atomic E-state index is 11.0. The fourth-order valence-corrected chi connectivity index (χ4v) is 1.40. The van der Waals surface area contributed by atoms with Crippen molar-refractivity contribution in [1.29, 1.82) is 0 Å². The van der Waals surface area contributed by atoms with Crippen molar-refractivity contribution in [3.8, 4) is 0 Å². The standard InChI is InChI=1S/C7H3BrN2O/c8-4-1-5-6(2-4)9-3-10-7(5)11/h1-3H. The lowest BCUT2D eigenvalue weighted by molar-refractivity contribution is -0.113. The molecule has 0 saturated heterocycles. The van der Waals surface area contributed by atoms with Gasteiger partial charge in [0.15, 0.2) is 0 Å². The smallest absolute Gasteiger partial charge is 0.267 e. The minimum absolute atomic E-state index is 0.222. The minimum Gasteiger partial charge on any atom is -0.267 e. The van der Waals surface area contributed by atoms with Crippen molar-refractivity contribution >= 4 is 33.9 Å². The fraction of sp³-hybridized carbons (Fsp3) is 0. The Morgan fingerprint density at radius 1 is 1.36 bits per heavy atom. The molecule has 2 aliphatic rings. The lowest BCUT2D eigenvalue weighted by Gasteiger charge is -1.99. The molecule has 1 amide bonds. The highest BCUT2D eigenvalue weighted by Crippen LogP contribution is 2.22. The molecule has 3 nitrogen and oxygen atoms in total. The summed E-state index contributed by atoms with van der Waals surface area (Å²) in [5.41, 5.74) is 1.26. The zero-order valence-electron chi connectivity index (χ0n) is 5.41. The van der Waals surface area contributed by atoms with Crippen LogP contribution in [0.4, 0.5) is 0 Å². The Morgan fingerprint density at radius 2 is 2.18 bits per heavy atom. The maximum atomic E-state index is 11.0. The predicted octanol–water partition coefficient (Wildman–Crippen LogP) is 1.21. The lowest BCUT2D eigenvalue weighted by atomic mass is 10.2. The van der Waals surface area contributed by atoms with Crippen molar-refractivity contribution in [2.45, 2.75) is 0 Å². The summed E-state index contributed by atoms with van der Waals surface area (Å²) in [6, 6.07) is 0. The van der Waals surface area contributed by atoms with Crippen LogP contribution < -0.4 is 0 Å². The molecule has 0 spiro atoms. The van der Waals surface area contributed by atoms with Gasteiger partial charge in [-0.15, -0.1) is 0 Å². The van der Waals surface area contributed by atoms with Gasteiger partial charge in [0.2, 0.25) is 0 Å². The second-order valence-corrected chi connectivity index (χ2v) is 3.07. The average Bonchev–Trinajstić information content (AvgIpc) is 2.31. The number of fused-ring (bicyclic) bond motifs is 1. The summed E-state index contributed by atoms with van der Waals surface area (Å²) in [6.07, 6.45) is 4.78. The van der Waals surface area contributed by atoms with E-state index in [2.05, 4.69) is 25.9 Å². The zero-order chi connectivity index (χ0) is 7.84. The van der Waals surface area contributed by atoms with Crippen LogP contribution in [-0.4, -0.2) is 18.0 Å². The van der Waals surface area contributed by atoms with Gasteiger partial charge >= 0.3 is 0 Å². The molecule has 4 heteroatoms. The minimum atomic E-state index is -0.222. The van der Waals surface area contributed by atoms with Crippen molar-refractivity contribution in [2.75, 3.05) is 0 Å². The van der Waals surface area contributed by atoms with E-state index < -0.39 is 0 Å². The molecular weight excluding hydrogens is 208 g/mol. The molecule has 0 saturated carbocycles. The Kier molecular flexibility index (Phi) is 1.35. The number of rotatable bonds is 0. The first kappa shape index (κ1) is 6.67. The average molecular weight is 211 g/mol. The molecule has 0 aromatic heterocycles. The third kappa shape index (κ3) is 0.991. The van der Waals surface area contributed by atoms with E-state index >= 15 is 0 Å². The monoisotopic (exact) mass is 210 g/mol. The second-order valence-electron chi connectivity index (χ2n) is 2.15. The number of hydrogen-bond acceptors (Lipinski definition) is 2. The molecule has 11 heavy (non-hydrogen) atoms. The molecule has 2 rings (SSSR count). The molecule has 0 bridgehead atoms. The summed E-state index contributed by atoms with van der Waals surface area (Å²) < 4.78 is 0.866. The van der Waals surface area contributed by atoms with E-state index in [9.17, 15) is 4.79 Å². The van der Waals surface area contributed by atoms with E-state index in [0.29, 0.717) is 11.3 Å². The molecule has 1 aliphatic heterocycles. The maximum Gasteiger partial charge on any atom is 0.280 e. The fourth-order valence-electron chi connectivity index (χ4n) is 0.953. The van der Waals surface area contributed by atoms with Crippen molar-refractivity contribution in [3.63, 3.8) is 0 Å². The molecule has 0 N–H and O–H groups in total. The van der Waals surface area contributed by atoms with Crippen LogP contribution >= 0.6 is 15.9 Å². The first-order chi connectivity index (χ1) is 5.27. The van der Waals surface area contributed by atoms with E-state index in [1.165, 1.54) is 6.34 Å². The summed E-state index contributed by atoms with van der Waals surface area (Å²) >= 11 is 3.25. The van der Waals surface area contributed by atoms with Crippen LogP contribution in [-0.2, 0) is 4.79 Å². The molecule has 0 atom stereocenters. The highest BCUT2D eigenvalue weighted by molar-refractivity contribution is 9.11. The van der Waals surface area contributed by atoms with Gasteiger partial charge in [-0.25, -0.2) is 4.99 Å². The number of halogens is 1. The van der Waals surface area contributed by atoms with Crippen molar-refractivity contribution in [2.24, 2.45) is 9.98 Å². The molecular formula is C7H3BrN2O. The van der Waals surface area contributed by atoms with Gasteiger partial charge in [0.25, 0.3) is 5.91 Å². The summed E-state index contributed by atoms with van der Waals surface area (Å²) in [5, 5.41) is 0. The number of aliphatic imine (C=N–C) groups is 2. The van der Waals surface area contributed by atoms with Crippen LogP contribution in [0.2, 0.25) is 0 Å². The summed E-state index contributed by atoms with van der Waals surface area (Å²) in [7, 11) is 0. The number of carbonyl (C=O) groups excluding carboxylic acids is 1. The second kappa shape index (κ2) is 2.23. The topological polar surface area (TPSA) is 41.8 Å². The summed E-state index contributed by atoms with van der Waals surface area (Å²) in [4.78, 5) is 18.5. The van der Waals surface area contributed by atoms with Crippen LogP contribution in [0.1, 0.15) is 0 Å². The summed E-state index contributed by atoms with van der Waals surface area (Å²) in [6.45, 7) is 0. The van der Waals surface area contributed by atoms with Gasteiger partial charge in [-0.1, -0.05) is 15.9 Å². The molecule has 54 valence electrons. The van der Waals surface area contributed by atoms with Gasteiger partial charge in [0.05, 0.1) is 11.3 Å². The molecule has 1 heterocycles. The Bertz CT molecular complexity index is 349. The van der Waals surface area contributed by atoms with Crippen molar-refractivity contribution in [3.05, 3.63) is 22.2 Å². The van der Waals surface area contributed by atoms with Gasteiger partial charge in [-0.05, 0) is 12.2 Å². The van der Waals surface area contributed by atoms with Crippen LogP contribution in [0.3, 0.4) is 0 Å².